The third kappa shape index (κ3) is 3.89. The van der Waals surface area contributed by atoms with Crippen LogP contribution in [0.5, 0.6) is 5.75 Å². The van der Waals surface area contributed by atoms with Crippen LogP contribution in [0.1, 0.15) is 43.4 Å². The van der Waals surface area contributed by atoms with Crippen LogP contribution in [-0.2, 0) is 11.8 Å². The van der Waals surface area contributed by atoms with Crippen LogP contribution < -0.4 is 10.5 Å². The first-order valence-electron chi connectivity index (χ1n) is 7.88. The molecule has 2 N–H and O–H groups in total. The highest BCUT2D eigenvalue weighted by atomic mass is 16.5. The fraction of sp³-hybridized carbons (Fsp3) is 0.400. The Morgan fingerprint density at radius 2 is 1.64 bits per heavy atom. The van der Waals surface area contributed by atoms with E-state index in [2.05, 4.69) is 51.1 Å². The summed E-state index contributed by atoms with van der Waals surface area (Å²) in [5.74, 6) is 1.20. The van der Waals surface area contributed by atoms with Crippen LogP contribution in [-0.4, -0.2) is 13.7 Å². The zero-order valence-corrected chi connectivity index (χ0v) is 14.1. The average molecular weight is 297 g/mol. The normalized spacial score (nSPS) is 13.0. The lowest BCUT2D eigenvalue weighted by Crippen LogP contribution is -2.16. The Morgan fingerprint density at radius 1 is 1.00 bits per heavy atom. The summed E-state index contributed by atoms with van der Waals surface area (Å²) >= 11 is 0. The van der Waals surface area contributed by atoms with Crippen LogP contribution in [0.15, 0.2) is 48.5 Å². The molecule has 0 aliphatic heterocycles. The summed E-state index contributed by atoms with van der Waals surface area (Å²) in [6.07, 6.45) is 0.932. The Morgan fingerprint density at radius 3 is 2.18 bits per heavy atom. The lowest BCUT2D eigenvalue weighted by atomic mass is 9.85. The fourth-order valence-electron chi connectivity index (χ4n) is 2.75. The highest BCUT2D eigenvalue weighted by molar-refractivity contribution is 5.38. The van der Waals surface area contributed by atoms with Crippen LogP contribution in [0.2, 0.25) is 0 Å². The minimum Gasteiger partial charge on any atom is -0.496 e. The molecule has 0 radical (unpaired) electrons. The van der Waals surface area contributed by atoms with Gasteiger partial charge in [-0.3, -0.25) is 0 Å². The van der Waals surface area contributed by atoms with E-state index >= 15 is 0 Å². The number of hydrogen-bond acceptors (Lipinski definition) is 2. The zero-order chi connectivity index (χ0) is 16.2. The number of nitrogens with two attached hydrogens (primary N) is 1. The second-order valence-corrected chi connectivity index (χ2v) is 6.83. The molecule has 1 atom stereocenters. The molecule has 0 aliphatic carbocycles. The molecule has 1 unspecified atom stereocenters. The quantitative estimate of drug-likeness (QED) is 0.894. The fourth-order valence-corrected chi connectivity index (χ4v) is 2.75. The van der Waals surface area contributed by atoms with E-state index in [1.165, 1.54) is 16.7 Å². The molecule has 0 amide bonds. The molecule has 0 aliphatic rings. The molecule has 22 heavy (non-hydrogen) atoms. The third-order valence-corrected chi connectivity index (χ3v) is 4.17. The Bertz CT molecular complexity index is 596. The van der Waals surface area contributed by atoms with Crippen LogP contribution in [0.4, 0.5) is 0 Å². The summed E-state index contributed by atoms with van der Waals surface area (Å²) in [6.45, 7) is 7.32. The maximum absolute atomic E-state index is 6.02. The Labute approximate surface area is 134 Å². The van der Waals surface area contributed by atoms with Gasteiger partial charge in [0.1, 0.15) is 5.75 Å². The highest BCUT2D eigenvalue weighted by Gasteiger charge is 2.16. The minimum absolute atomic E-state index is 0.189. The van der Waals surface area contributed by atoms with Crippen molar-refractivity contribution in [1.29, 1.82) is 0 Å². The molecule has 2 aromatic rings. The number of benzene rings is 2. The standard InChI is InChI=1S/C20H27NO/c1-20(2,3)17-11-9-15(10-12-17)13-16(14-21)18-7-5-6-8-19(18)22-4/h5-12,16H,13-14,21H2,1-4H3. The zero-order valence-electron chi connectivity index (χ0n) is 14.1. The van der Waals surface area contributed by atoms with Crippen LogP contribution >= 0.6 is 0 Å². The summed E-state index contributed by atoms with van der Waals surface area (Å²) in [4.78, 5) is 0. The van der Waals surface area contributed by atoms with Gasteiger partial charge in [0.25, 0.3) is 0 Å². The molecule has 2 heteroatoms. The summed E-state index contributed by atoms with van der Waals surface area (Å²) in [5, 5.41) is 0. The maximum atomic E-state index is 6.02. The van der Waals surface area contributed by atoms with E-state index in [1.807, 2.05) is 18.2 Å². The van der Waals surface area contributed by atoms with Gasteiger partial charge < -0.3 is 10.5 Å². The topological polar surface area (TPSA) is 35.2 Å². The van der Waals surface area contributed by atoms with Crippen molar-refractivity contribution in [3.05, 3.63) is 65.2 Å². The van der Waals surface area contributed by atoms with Crippen LogP contribution in [0.3, 0.4) is 0 Å². The van der Waals surface area contributed by atoms with Gasteiger partial charge in [0, 0.05) is 5.92 Å². The summed E-state index contributed by atoms with van der Waals surface area (Å²) in [5.41, 5.74) is 10.1. The molecule has 2 nitrogen and oxygen atoms in total. The van der Waals surface area contributed by atoms with E-state index in [1.54, 1.807) is 7.11 Å². The van der Waals surface area contributed by atoms with Gasteiger partial charge in [-0.1, -0.05) is 63.2 Å². The largest absolute Gasteiger partial charge is 0.496 e. The van der Waals surface area contributed by atoms with E-state index in [9.17, 15) is 0 Å². The molecule has 0 bridgehead atoms. The number of para-hydroxylation sites is 1. The predicted octanol–water partition coefficient (Wildman–Crippen LogP) is 4.28. The van der Waals surface area contributed by atoms with Crippen molar-refractivity contribution in [3.8, 4) is 5.75 Å². The van der Waals surface area contributed by atoms with Gasteiger partial charge in [-0.2, -0.15) is 0 Å². The Kier molecular flexibility index (Phi) is 5.25. The molecular formula is C20H27NO. The Balaban J connectivity index is 2.20. The summed E-state index contributed by atoms with van der Waals surface area (Å²) in [6, 6.07) is 17.0. The minimum atomic E-state index is 0.189. The first-order valence-corrected chi connectivity index (χ1v) is 7.88. The summed E-state index contributed by atoms with van der Waals surface area (Å²) in [7, 11) is 1.71. The highest BCUT2D eigenvalue weighted by Crippen LogP contribution is 2.29. The van der Waals surface area contributed by atoms with Crippen molar-refractivity contribution in [1.82, 2.24) is 0 Å². The van der Waals surface area contributed by atoms with Gasteiger partial charge in [-0.15, -0.1) is 0 Å². The predicted molar refractivity (Wildman–Crippen MR) is 93.6 cm³/mol. The SMILES string of the molecule is COc1ccccc1C(CN)Cc1ccc(C(C)(C)C)cc1. The molecule has 118 valence electrons. The maximum Gasteiger partial charge on any atom is 0.122 e. The van der Waals surface area contributed by atoms with Crippen molar-refractivity contribution in [3.63, 3.8) is 0 Å². The van der Waals surface area contributed by atoms with E-state index < -0.39 is 0 Å². The van der Waals surface area contributed by atoms with Gasteiger partial charge >= 0.3 is 0 Å². The molecule has 0 heterocycles. The molecule has 0 fully saturated rings. The Hall–Kier alpha value is -1.80. The van der Waals surface area contributed by atoms with Gasteiger partial charge in [0.05, 0.1) is 7.11 Å². The second-order valence-electron chi connectivity index (χ2n) is 6.83. The van der Waals surface area contributed by atoms with Crippen molar-refractivity contribution >= 4 is 0 Å². The van der Waals surface area contributed by atoms with Crippen molar-refractivity contribution in [2.75, 3.05) is 13.7 Å². The van der Waals surface area contributed by atoms with Crippen molar-refractivity contribution in [2.45, 2.75) is 38.5 Å². The molecule has 0 aromatic heterocycles. The number of hydrogen-bond donors (Lipinski definition) is 1. The molecule has 2 rings (SSSR count). The first-order chi connectivity index (χ1) is 10.5. The van der Waals surface area contributed by atoms with Gasteiger partial charge in [0.15, 0.2) is 0 Å². The smallest absolute Gasteiger partial charge is 0.122 e. The number of rotatable bonds is 5. The molecule has 0 saturated heterocycles. The van der Waals surface area contributed by atoms with Crippen molar-refractivity contribution in [2.24, 2.45) is 5.73 Å². The number of methoxy groups -OCH3 is 1. The molecular weight excluding hydrogens is 270 g/mol. The average Bonchev–Trinajstić information content (AvgIpc) is 2.52. The van der Waals surface area contributed by atoms with E-state index in [0.717, 1.165) is 12.2 Å². The molecule has 0 spiro atoms. The lowest BCUT2D eigenvalue weighted by Gasteiger charge is -2.21. The first kappa shape index (κ1) is 16.6. The number of ether oxygens (including phenoxy) is 1. The van der Waals surface area contributed by atoms with Gasteiger partial charge in [-0.05, 0) is 41.1 Å². The van der Waals surface area contributed by atoms with Gasteiger partial charge in [-0.25, -0.2) is 0 Å². The second kappa shape index (κ2) is 6.97. The lowest BCUT2D eigenvalue weighted by molar-refractivity contribution is 0.405. The molecule has 2 aromatic carbocycles. The van der Waals surface area contributed by atoms with Crippen molar-refractivity contribution < 1.29 is 4.74 Å². The van der Waals surface area contributed by atoms with E-state index in [4.69, 9.17) is 10.5 Å². The molecule has 0 saturated carbocycles. The summed E-state index contributed by atoms with van der Waals surface area (Å²) < 4.78 is 5.47. The van der Waals surface area contributed by atoms with E-state index in [0.29, 0.717) is 6.54 Å². The van der Waals surface area contributed by atoms with Gasteiger partial charge in [0.2, 0.25) is 0 Å². The van der Waals surface area contributed by atoms with Crippen LogP contribution in [0, 0.1) is 0 Å². The third-order valence-electron chi connectivity index (χ3n) is 4.17. The monoisotopic (exact) mass is 297 g/mol. The van der Waals surface area contributed by atoms with E-state index in [-0.39, 0.29) is 11.3 Å². The van der Waals surface area contributed by atoms with Crippen LogP contribution in [0.25, 0.3) is 0 Å².